The van der Waals surface area contributed by atoms with Crippen molar-refractivity contribution in [3.63, 3.8) is 0 Å². The van der Waals surface area contributed by atoms with Crippen LogP contribution in [0.4, 0.5) is 5.82 Å². The summed E-state index contributed by atoms with van der Waals surface area (Å²) < 4.78 is 6.69. The van der Waals surface area contributed by atoms with E-state index < -0.39 is 0 Å². The summed E-state index contributed by atoms with van der Waals surface area (Å²) in [5, 5.41) is 7.32. The van der Waals surface area contributed by atoms with Gasteiger partial charge in [-0.3, -0.25) is 4.79 Å². The van der Waals surface area contributed by atoms with Crippen LogP contribution in [0.3, 0.4) is 0 Å². The monoisotopic (exact) mass is 289 g/mol. The lowest BCUT2D eigenvalue weighted by Gasteiger charge is -2.34. The Morgan fingerprint density at radius 1 is 1.48 bits per heavy atom. The smallest absolute Gasteiger partial charge is 0.246 e. The minimum absolute atomic E-state index is 0.0664. The second kappa shape index (κ2) is 6.09. The molecule has 0 radical (unpaired) electrons. The molecule has 0 bridgehead atoms. The maximum absolute atomic E-state index is 11.6. The quantitative estimate of drug-likeness (QED) is 0.885. The molecule has 1 unspecified atom stereocenters. The van der Waals surface area contributed by atoms with Gasteiger partial charge in [0.1, 0.15) is 12.4 Å². The number of nitrogens with zero attached hydrogens (tertiary/aromatic N) is 4. The Morgan fingerprint density at radius 2 is 2.38 bits per heavy atom. The van der Waals surface area contributed by atoms with Crippen LogP contribution >= 0.6 is 0 Å². The zero-order chi connectivity index (χ0) is 14.7. The van der Waals surface area contributed by atoms with Crippen molar-refractivity contribution in [2.24, 2.45) is 0 Å². The lowest BCUT2D eigenvalue weighted by molar-refractivity contribution is -0.125. The minimum Gasteiger partial charge on any atom is -0.375 e. The molecular weight excluding hydrogens is 270 g/mol. The van der Waals surface area contributed by atoms with Gasteiger partial charge in [0.15, 0.2) is 5.65 Å². The molecule has 0 aromatic carbocycles. The number of hydrogen-bond donors (Lipinski definition) is 1. The maximum atomic E-state index is 11.6. The van der Waals surface area contributed by atoms with E-state index in [9.17, 15) is 4.79 Å². The number of anilines is 1. The standard InChI is InChI=1S/C14H19N5O2/c1-21-10-13(20)17-11-3-2-8-18(9-11)14-5-6-15-12-4-7-16-19(12)14/h4-7,11H,2-3,8-10H2,1H3,(H,17,20). The fraction of sp³-hybridized carbons (Fsp3) is 0.500. The Balaban J connectivity index is 1.74. The molecule has 7 heteroatoms. The number of aromatic nitrogens is 3. The SMILES string of the molecule is COCC(=O)NC1CCCN(c2ccnc3ccnn23)C1. The first-order chi connectivity index (χ1) is 10.3. The zero-order valence-corrected chi connectivity index (χ0v) is 12.0. The minimum atomic E-state index is -0.0664. The fourth-order valence-electron chi connectivity index (χ4n) is 2.76. The number of nitrogens with one attached hydrogen (secondary N) is 1. The third-order valence-corrected chi connectivity index (χ3v) is 3.66. The van der Waals surface area contributed by atoms with Crippen LogP contribution in [0.15, 0.2) is 24.5 Å². The van der Waals surface area contributed by atoms with E-state index in [0.29, 0.717) is 0 Å². The third-order valence-electron chi connectivity index (χ3n) is 3.66. The molecule has 0 aliphatic carbocycles. The van der Waals surface area contributed by atoms with Crippen LogP contribution in [0.2, 0.25) is 0 Å². The molecule has 0 spiro atoms. The highest BCUT2D eigenvalue weighted by Gasteiger charge is 2.23. The Labute approximate surface area is 122 Å². The van der Waals surface area contributed by atoms with E-state index in [0.717, 1.165) is 37.4 Å². The van der Waals surface area contributed by atoms with Crippen LogP contribution in [0.1, 0.15) is 12.8 Å². The van der Waals surface area contributed by atoms with E-state index in [-0.39, 0.29) is 18.6 Å². The number of carbonyl (C=O) groups excluding carboxylic acids is 1. The molecule has 2 aromatic rings. The molecule has 0 saturated carbocycles. The van der Waals surface area contributed by atoms with Crippen LogP contribution in [-0.2, 0) is 9.53 Å². The van der Waals surface area contributed by atoms with Gasteiger partial charge in [-0.25, -0.2) is 4.98 Å². The summed E-state index contributed by atoms with van der Waals surface area (Å²) in [5.74, 6) is 0.944. The summed E-state index contributed by atoms with van der Waals surface area (Å²) in [5.41, 5.74) is 0.832. The molecule has 3 rings (SSSR count). The van der Waals surface area contributed by atoms with Gasteiger partial charge in [0.25, 0.3) is 0 Å². The van der Waals surface area contributed by atoms with Crippen molar-refractivity contribution in [3.8, 4) is 0 Å². The Bertz CT molecular complexity index is 627. The molecule has 3 heterocycles. The van der Waals surface area contributed by atoms with Crippen LogP contribution < -0.4 is 10.2 Å². The van der Waals surface area contributed by atoms with Crippen LogP contribution in [-0.4, -0.2) is 53.4 Å². The largest absolute Gasteiger partial charge is 0.375 e. The van der Waals surface area contributed by atoms with Gasteiger partial charge in [-0.05, 0) is 18.9 Å². The number of carbonyl (C=O) groups is 1. The van der Waals surface area contributed by atoms with Gasteiger partial charge in [0, 0.05) is 38.5 Å². The number of hydrogen-bond acceptors (Lipinski definition) is 5. The molecule has 21 heavy (non-hydrogen) atoms. The van der Waals surface area contributed by atoms with Gasteiger partial charge < -0.3 is 15.0 Å². The van der Waals surface area contributed by atoms with E-state index in [1.54, 1.807) is 12.4 Å². The zero-order valence-electron chi connectivity index (χ0n) is 12.0. The van der Waals surface area contributed by atoms with E-state index >= 15 is 0 Å². The van der Waals surface area contributed by atoms with Gasteiger partial charge in [-0.2, -0.15) is 9.61 Å². The highest BCUT2D eigenvalue weighted by atomic mass is 16.5. The Kier molecular flexibility index (Phi) is 4.01. The average molecular weight is 289 g/mol. The van der Waals surface area contributed by atoms with Gasteiger partial charge in [0.2, 0.25) is 5.91 Å². The molecule has 112 valence electrons. The molecule has 1 aliphatic rings. The Hall–Kier alpha value is -2.15. The highest BCUT2D eigenvalue weighted by Crippen LogP contribution is 2.20. The number of methoxy groups -OCH3 is 1. The molecule has 1 aliphatic heterocycles. The van der Waals surface area contributed by atoms with Crippen molar-refractivity contribution in [3.05, 3.63) is 24.5 Å². The number of piperidine rings is 1. The van der Waals surface area contributed by atoms with Crippen molar-refractivity contribution in [1.29, 1.82) is 0 Å². The van der Waals surface area contributed by atoms with Gasteiger partial charge in [0.05, 0.1) is 6.20 Å². The summed E-state index contributed by atoms with van der Waals surface area (Å²) in [6.07, 6.45) is 5.55. The van der Waals surface area contributed by atoms with E-state index in [1.165, 1.54) is 7.11 Å². The van der Waals surface area contributed by atoms with Gasteiger partial charge >= 0.3 is 0 Å². The topological polar surface area (TPSA) is 71.8 Å². The van der Waals surface area contributed by atoms with E-state index in [1.807, 2.05) is 16.6 Å². The lowest BCUT2D eigenvalue weighted by Crippen LogP contribution is -2.49. The second-order valence-corrected chi connectivity index (χ2v) is 5.19. The summed E-state index contributed by atoms with van der Waals surface area (Å²) in [6, 6.07) is 3.98. The number of rotatable bonds is 4. The van der Waals surface area contributed by atoms with Gasteiger partial charge in [-0.1, -0.05) is 0 Å². The normalized spacial score (nSPS) is 18.9. The summed E-state index contributed by atoms with van der Waals surface area (Å²) in [6.45, 7) is 1.83. The molecule has 1 saturated heterocycles. The molecule has 1 amide bonds. The predicted molar refractivity (Wildman–Crippen MR) is 78.2 cm³/mol. The molecule has 1 N–H and O–H groups in total. The fourth-order valence-corrected chi connectivity index (χ4v) is 2.76. The highest BCUT2D eigenvalue weighted by molar-refractivity contribution is 5.77. The summed E-state index contributed by atoms with van der Waals surface area (Å²) in [7, 11) is 1.53. The molecule has 7 nitrogen and oxygen atoms in total. The van der Waals surface area contributed by atoms with Crippen molar-refractivity contribution < 1.29 is 9.53 Å². The van der Waals surface area contributed by atoms with Crippen LogP contribution in [0, 0.1) is 0 Å². The van der Waals surface area contributed by atoms with Crippen LogP contribution in [0.25, 0.3) is 5.65 Å². The van der Waals surface area contributed by atoms with Crippen molar-refractivity contribution in [1.82, 2.24) is 19.9 Å². The van der Waals surface area contributed by atoms with Gasteiger partial charge in [-0.15, -0.1) is 0 Å². The first kappa shape index (κ1) is 13.8. The van der Waals surface area contributed by atoms with E-state index in [2.05, 4.69) is 20.3 Å². The third kappa shape index (κ3) is 2.97. The number of fused-ring (bicyclic) bond motifs is 1. The molecule has 1 atom stereocenters. The molecular formula is C14H19N5O2. The average Bonchev–Trinajstić information content (AvgIpc) is 2.96. The molecule has 2 aromatic heterocycles. The maximum Gasteiger partial charge on any atom is 0.246 e. The Morgan fingerprint density at radius 3 is 3.24 bits per heavy atom. The van der Waals surface area contributed by atoms with Crippen LogP contribution in [0.5, 0.6) is 0 Å². The van der Waals surface area contributed by atoms with Crippen molar-refractivity contribution >= 4 is 17.4 Å². The summed E-state index contributed by atoms with van der Waals surface area (Å²) in [4.78, 5) is 18.2. The van der Waals surface area contributed by atoms with E-state index in [4.69, 9.17) is 4.74 Å². The number of ether oxygens (including phenoxy) is 1. The molecule has 1 fully saturated rings. The summed E-state index contributed by atoms with van der Waals surface area (Å²) >= 11 is 0. The number of amides is 1. The second-order valence-electron chi connectivity index (χ2n) is 5.19. The lowest BCUT2D eigenvalue weighted by atomic mass is 10.1. The first-order valence-corrected chi connectivity index (χ1v) is 7.10. The first-order valence-electron chi connectivity index (χ1n) is 7.10. The van der Waals surface area contributed by atoms with Crippen molar-refractivity contribution in [2.45, 2.75) is 18.9 Å². The predicted octanol–water partition coefficient (Wildman–Crippen LogP) is 0.461. The van der Waals surface area contributed by atoms with Crippen molar-refractivity contribution in [2.75, 3.05) is 31.7 Å².